The second-order valence-electron chi connectivity index (χ2n) is 4.32. The van der Waals surface area contributed by atoms with E-state index < -0.39 is 22.0 Å². The first-order valence-corrected chi connectivity index (χ1v) is 7.38. The van der Waals surface area contributed by atoms with E-state index in [-0.39, 0.29) is 12.2 Å². The number of carbonyl (C=O) groups is 1. The highest BCUT2D eigenvalue weighted by molar-refractivity contribution is 7.89. The van der Waals surface area contributed by atoms with Crippen LogP contribution in [0.4, 0.5) is 0 Å². The Morgan fingerprint density at radius 3 is 2.50 bits per heavy atom. The predicted octanol–water partition coefficient (Wildman–Crippen LogP) is 0.718. The summed E-state index contributed by atoms with van der Waals surface area (Å²) < 4.78 is 24.6. The van der Waals surface area contributed by atoms with Crippen molar-refractivity contribution in [3.63, 3.8) is 0 Å². The molecule has 0 aliphatic carbocycles. The van der Waals surface area contributed by atoms with E-state index in [0.29, 0.717) is 13.0 Å². The number of carboxylic acids is 1. The maximum Gasteiger partial charge on any atom is 0.322 e. The van der Waals surface area contributed by atoms with Crippen molar-refractivity contribution < 1.29 is 18.3 Å². The van der Waals surface area contributed by atoms with Crippen LogP contribution in [0.2, 0.25) is 0 Å². The van der Waals surface area contributed by atoms with E-state index in [1.54, 1.807) is 12.1 Å². The van der Waals surface area contributed by atoms with Gasteiger partial charge in [0.15, 0.2) is 0 Å². The van der Waals surface area contributed by atoms with Crippen LogP contribution >= 0.6 is 0 Å². The second kappa shape index (κ2) is 5.07. The Kier molecular flexibility index (Phi) is 3.68. The molecule has 1 atom stereocenters. The van der Waals surface area contributed by atoms with Gasteiger partial charge in [-0.05, 0) is 18.4 Å². The van der Waals surface area contributed by atoms with Crippen molar-refractivity contribution >= 4 is 16.0 Å². The molecule has 6 heteroatoms. The Balaban J connectivity index is 2.22. The van der Waals surface area contributed by atoms with Gasteiger partial charge in [0.2, 0.25) is 10.0 Å². The van der Waals surface area contributed by atoms with Crippen LogP contribution in [0.1, 0.15) is 12.0 Å². The number of sulfonamides is 1. The van der Waals surface area contributed by atoms with Crippen LogP contribution in [0.25, 0.3) is 0 Å². The molecule has 0 aromatic heterocycles. The maximum absolute atomic E-state index is 11.8. The lowest BCUT2D eigenvalue weighted by Crippen LogP contribution is -2.43. The number of carboxylic acid groups (broad SMARTS) is 1. The lowest BCUT2D eigenvalue weighted by Gasteiger charge is -2.22. The van der Waals surface area contributed by atoms with Crippen LogP contribution in [0, 0.1) is 0 Å². The number of hydrogen-bond acceptors (Lipinski definition) is 3. The predicted molar refractivity (Wildman–Crippen MR) is 66.7 cm³/mol. The highest BCUT2D eigenvalue weighted by Gasteiger charge is 2.38. The van der Waals surface area contributed by atoms with Gasteiger partial charge in [-0.1, -0.05) is 30.3 Å². The summed E-state index contributed by atoms with van der Waals surface area (Å²) in [5, 5.41) is 9.22. The molecule has 0 amide bonds. The third kappa shape index (κ3) is 2.70. The third-order valence-electron chi connectivity index (χ3n) is 3.04. The molecule has 2 rings (SSSR count). The summed E-state index contributed by atoms with van der Waals surface area (Å²) in [6.07, 6.45) is 0.705. The van der Waals surface area contributed by atoms with Crippen LogP contribution in [0.5, 0.6) is 0 Å². The molecule has 1 fully saturated rings. The van der Waals surface area contributed by atoms with Gasteiger partial charge in [0.05, 0.1) is 5.75 Å². The van der Waals surface area contributed by atoms with E-state index in [1.807, 2.05) is 18.2 Å². The molecule has 1 aromatic carbocycles. The van der Waals surface area contributed by atoms with Gasteiger partial charge in [0, 0.05) is 6.54 Å². The van der Waals surface area contributed by atoms with E-state index in [9.17, 15) is 18.3 Å². The van der Waals surface area contributed by atoms with Crippen molar-refractivity contribution in [1.29, 1.82) is 0 Å². The minimum absolute atomic E-state index is 0.0472. The molecule has 5 nitrogen and oxygen atoms in total. The van der Waals surface area contributed by atoms with E-state index in [1.165, 1.54) is 0 Å². The standard InChI is InChI=1S/C12H15NO4S/c14-12(15)11(9-10-5-2-1-3-6-10)13-7-4-8-18(13,16)17/h1-3,5-6,11H,4,7-9H2,(H,14,15). The number of nitrogens with zero attached hydrogens (tertiary/aromatic N) is 1. The van der Waals surface area contributed by atoms with Crippen LogP contribution in [0.3, 0.4) is 0 Å². The van der Waals surface area contributed by atoms with Gasteiger partial charge in [-0.25, -0.2) is 8.42 Å². The molecule has 1 saturated heterocycles. The van der Waals surface area contributed by atoms with E-state index in [4.69, 9.17) is 0 Å². The van der Waals surface area contributed by atoms with Gasteiger partial charge in [-0.2, -0.15) is 4.31 Å². The van der Waals surface area contributed by atoms with Crippen molar-refractivity contribution in [2.75, 3.05) is 12.3 Å². The fourth-order valence-electron chi connectivity index (χ4n) is 2.16. The fraction of sp³-hybridized carbons (Fsp3) is 0.417. The zero-order valence-electron chi connectivity index (χ0n) is 9.82. The molecular weight excluding hydrogens is 254 g/mol. The Morgan fingerprint density at radius 1 is 1.33 bits per heavy atom. The minimum atomic E-state index is -3.40. The van der Waals surface area contributed by atoms with Gasteiger partial charge in [0.25, 0.3) is 0 Å². The Labute approximate surface area is 106 Å². The van der Waals surface area contributed by atoms with Gasteiger partial charge in [0.1, 0.15) is 6.04 Å². The van der Waals surface area contributed by atoms with Crippen molar-refractivity contribution in [2.45, 2.75) is 18.9 Å². The molecule has 1 N–H and O–H groups in total. The van der Waals surface area contributed by atoms with E-state index in [0.717, 1.165) is 9.87 Å². The van der Waals surface area contributed by atoms with Gasteiger partial charge in [-0.3, -0.25) is 4.79 Å². The molecule has 0 saturated carbocycles. The lowest BCUT2D eigenvalue weighted by atomic mass is 10.1. The monoisotopic (exact) mass is 269 g/mol. The van der Waals surface area contributed by atoms with Crippen LogP contribution in [-0.2, 0) is 21.2 Å². The van der Waals surface area contributed by atoms with Crippen molar-refractivity contribution in [3.8, 4) is 0 Å². The molecule has 0 spiro atoms. The molecule has 1 aliphatic rings. The molecule has 1 unspecified atom stereocenters. The molecule has 18 heavy (non-hydrogen) atoms. The molecule has 0 radical (unpaired) electrons. The maximum atomic E-state index is 11.8. The number of benzene rings is 1. The average molecular weight is 269 g/mol. The Hall–Kier alpha value is -1.40. The van der Waals surface area contributed by atoms with Crippen molar-refractivity contribution in [2.24, 2.45) is 0 Å². The first kappa shape index (κ1) is 13.0. The third-order valence-corrected chi connectivity index (χ3v) is 5.00. The molecule has 0 bridgehead atoms. The Bertz CT molecular complexity index is 526. The molecule has 1 heterocycles. The number of aliphatic carboxylic acids is 1. The molecular formula is C12H15NO4S. The first-order valence-electron chi connectivity index (χ1n) is 5.77. The van der Waals surface area contributed by atoms with Crippen LogP contribution in [-0.4, -0.2) is 42.1 Å². The minimum Gasteiger partial charge on any atom is -0.480 e. The lowest BCUT2D eigenvalue weighted by molar-refractivity contribution is -0.141. The van der Waals surface area contributed by atoms with Crippen molar-refractivity contribution in [3.05, 3.63) is 35.9 Å². The van der Waals surface area contributed by atoms with E-state index >= 15 is 0 Å². The summed E-state index contributed by atoms with van der Waals surface area (Å²) in [5.74, 6) is -1.05. The topological polar surface area (TPSA) is 74.7 Å². The fourth-order valence-corrected chi connectivity index (χ4v) is 3.85. The van der Waals surface area contributed by atoms with Crippen LogP contribution in [0.15, 0.2) is 30.3 Å². The smallest absolute Gasteiger partial charge is 0.322 e. The summed E-state index contributed by atoms with van der Waals surface area (Å²) in [6.45, 7) is 0.298. The summed E-state index contributed by atoms with van der Waals surface area (Å²) >= 11 is 0. The average Bonchev–Trinajstić information content (AvgIpc) is 2.67. The van der Waals surface area contributed by atoms with Gasteiger partial charge in [-0.15, -0.1) is 0 Å². The highest BCUT2D eigenvalue weighted by atomic mass is 32.2. The zero-order chi connectivity index (χ0) is 13.2. The SMILES string of the molecule is O=C(O)C(Cc1ccccc1)N1CCCS1(=O)=O. The molecule has 1 aromatic rings. The normalized spacial score (nSPS) is 20.7. The highest BCUT2D eigenvalue weighted by Crippen LogP contribution is 2.20. The van der Waals surface area contributed by atoms with Gasteiger partial charge < -0.3 is 5.11 Å². The number of hydrogen-bond donors (Lipinski definition) is 1. The summed E-state index contributed by atoms with van der Waals surface area (Å²) in [7, 11) is -3.40. The summed E-state index contributed by atoms with van der Waals surface area (Å²) in [5.41, 5.74) is 0.826. The van der Waals surface area contributed by atoms with Crippen LogP contribution < -0.4 is 0 Å². The Morgan fingerprint density at radius 2 is 2.00 bits per heavy atom. The second-order valence-corrected chi connectivity index (χ2v) is 6.37. The van der Waals surface area contributed by atoms with Gasteiger partial charge >= 0.3 is 5.97 Å². The largest absolute Gasteiger partial charge is 0.480 e. The first-order chi connectivity index (χ1) is 8.50. The summed E-state index contributed by atoms with van der Waals surface area (Å²) in [6, 6.07) is 8.07. The zero-order valence-corrected chi connectivity index (χ0v) is 10.6. The quantitative estimate of drug-likeness (QED) is 0.874. The number of rotatable bonds is 4. The molecule has 1 aliphatic heterocycles. The van der Waals surface area contributed by atoms with Crippen molar-refractivity contribution in [1.82, 2.24) is 4.31 Å². The summed E-state index contributed by atoms with van der Waals surface area (Å²) in [4.78, 5) is 11.3. The van der Waals surface area contributed by atoms with E-state index in [2.05, 4.69) is 0 Å². The molecule has 98 valence electrons.